The molecule has 222 valence electrons. The summed E-state index contributed by atoms with van der Waals surface area (Å²) in [6.07, 6.45) is -4.86. The number of pyridine rings is 1. The van der Waals surface area contributed by atoms with E-state index in [1.54, 1.807) is 37.4 Å². The number of hydrogen-bond acceptors (Lipinski definition) is 7. The Hall–Kier alpha value is -4.69. The van der Waals surface area contributed by atoms with E-state index in [9.17, 15) is 28.3 Å². The Bertz CT molecular complexity index is 1540. The number of allylic oxidation sites excluding steroid dienone is 1. The predicted octanol–water partition coefficient (Wildman–Crippen LogP) is 4.55. The number of amidine groups is 1. The number of nitrogens with one attached hydrogen (secondary N) is 1. The highest BCUT2D eigenvalue weighted by Crippen LogP contribution is 2.41. The highest BCUT2D eigenvalue weighted by atomic mass is 19.4. The number of aromatic nitrogens is 1. The van der Waals surface area contributed by atoms with Crippen LogP contribution in [0.3, 0.4) is 0 Å². The summed E-state index contributed by atoms with van der Waals surface area (Å²) in [4.78, 5) is 23.6. The maximum Gasteiger partial charge on any atom is 0.398 e. The zero-order chi connectivity index (χ0) is 30.7. The summed E-state index contributed by atoms with van der Waals surface area (Å²) in [7, 11) is 0. The molecule has 2 fully saturated rings. The first-order valence-electron chi connectivity index (χ1n) is 13.9. The number of nitrogens with two attached hydrogens (primary N) is 1. The van der Waals surface area contributed by atoms with E-state index in [1.165, 1.54) is 0 Å². The highest BCUT2D eigenvalue weighted by Gasteiger charge is 2.54. The van der Waals surface area contributed by atoms with Crippen LogP contribution in [0.15, 0.2) is 89.2 Å². The second-order valence-electron chi connectivity index (χ2n) is 10.8. The van der Waals surface area contributed by atoms with Crippen LogP contribution in [0.2, 0.25) is 0 Å². The summed E-state index contributed by atoms with van der Waals surface area (Å²) < 4.78 is 43.7. The molecule has 4 N–H and O–H groups in total. The third-order valence-electron chi connectivity index (χ3n) is 8.01. The van der Waals surface area contributed by atoms with Gasteiger partial charge in [-0.15, -0.1) is 0 Å². The number of carbonyl (C=O) groups excluding carboxylic acids is 1. The van der Waals surface area contributed by atoms with Crippen LogP contribution >= 0.6 is 0 Å². The van der Waals surface area contributed by atoms with Crippen molar-refractivity contribution in [2.45, 2.75) is 38.1 Å². The van der Waals surface area contributed by atoms with Crippen molar-refractivity contribution >= 4 is 17.4 Å². The number of nitrogens with zero attached hydrogens (tertiary/aromatic N) is 4. The molecular weight excluding hydrogens is 557 g/mol. The summed E-state index contributed by atoms with van der Waals surface area (Å²) >= 11 is 0. The minimum atomic E-state index is -4.96. The number of aliphatic hydroxyl groups excluding tert-OH is 1. The average molecular weight is 589 g/mol. The lowest BCUT2D eigenvalue weighted by atomic mass is 9.81. The first kappa shape index (κ1) is 29.8. The maximum absolute atomic E-state index is 14.6. The molecule has 8 nitrogen and oxygen atoms in total. The van der Waals surface area contributed by atoms with Crippen LogP contribution in [-0.4, -0.2) is 47.2 Å². The quantitative estimate of drug-likeness (QED) is 0.402. The first-order chi connectivity index (χ1) is 20.6. The van der Waals surface area contributed by atoms with Gasteiger partial charge in [0.25, 0.3) is 5.91 Å². The number of hydrogen-bond donors (Lipinski definition) is 3. The Balaban J connectivity index is 1.55. The van der Waals surface area contributed by atoms with Gasteiger partial charge >= 0.3 is 6.18 Å². The number of aryl methyl sites for hydroxylation is 1. The summed E-state index contributed by atoms with van der Waals surface area (Å²) in [6, 6.07) is 21.3. The molecule has 1 aromatic heterocycles. The number of piperidine rings is 2. The SMILES string of the molecule is Cc1cc(N2CCC(C(N)=C3C(=NC(c4ccccc4)c4ccccc4)NC(=O)[C@H](O)C3C(F)(F)F)CC2)cnc1C#N. The van der Waals surface area contributed by atoms with Crippen LogP contribution in [0.4, 0.5) is 18.9 Å². The number of aliphatic imine (C=N–C) groups is 1. The minimum Gasteiger partial charge on any atom is -0.401 e. The maximum atomic E-state index is 14.6. The zero-order valence-corrected chi connectivity index (χ0v) is 23.4. The van der Waals surface area contributed by atoms with E-state index < -0.39 is 41.6 Å². The van der Waals surface area contributed by atoms with Gasteiger partial charge in [-0.1, -0.05) is 60.7 Å². The Morgan fingerprint density at radius 1 is 1.12 bits per heavy atom. The second-order valence-corrected chi connectivity index (χ2v) is 10.8. The van der Waals surface area contributed by atoms with Crippen molar-refractivity contribution in [1.29, 1.82) is 5.26 Å². The van der Waals surface area contributed by atoms with Gasteiger partial charge in [0.1, 0.15) is 35.7 Å². The van der Waals surface area contributed by atoms with Crippen molar-refractivity contribution in [2.24, 2.45) is 22.6 Å². The molecule has 5 rings (SSSR count). The highest BCUT2D eigenvalue weighted by molar-refractivity contribution is 6.13. The van der Waals surface area contributed by atoms with E-state index in [-0.39, 0.29) is 11.5 Å². The molecule has 3 heterocycles. The molecule has 2 aromatic carbocycles. The number of anilines is 1. The number of nitriles is 1. The summed E-state index contributed by atoms with van der Waals surface area (Å²) in [5, 5.41) is 22.1. The van der Waals surface area contributed by atoms with Crippen molar-refractivity contribution in [1.82, 2.24) is 10.3 Å². The third-order valence-corrected chi connectivity index (χ3v) is 8.01. The normalized spacial score (nSPS) is 21.9. The lowest BCUT2D eigenvalue weighted by Crippen LogP contribution is -2.56. The van der Waals surface area contributed by atoms with Gasteiger partial charge in [0, 0.05) is 30.3 Å². The van der Waals surface area contributed by atoms with Crippen LogP contribution in [0, 0.1) is 30.1 Å². The van der Waals surface area contributed by atoms with Crippen LogP contribution in [0.5, 0.6) is 0 Å². The molecule has 43 heavy (non-hydrogen) atoms. The monoisotopic (exact) mass is 588 g/mol. The van der Waals surface area contributed by atoms with Crippen molar-refractivity contribution in [2.75, 3.05) is 18.0 Å². The van der Waals surface area contributed by atoms with Gasteiger partial charge in [0.05, 0.1) is 11.9 Å². The second kappa shape index (κ2) is 12.3. The van der Waals surface area contributed by atoms with Gasteiger partial charge in [-0.25, -0.2) is 4.98 Å². The predicted molar refractivity (Wildman–Crippen MR) is 156 cm³/mol. The van der Waals surface area contributed by atoms with Crippen LogP contribution < -0.4 is 16.0 Å². The van der Waals surface area contributed by atoms with E-state index in [0.717, 1.165) is 11.3 Å². The fourth-order valence-electron chi connectivity index (χ4n) is 5.74. The van der Waals surface area contributed by atoms with E-state index >= 15 is 0 Å². The molecule has 0 bridgehead atoms. The molecule has 1 amide bonds. The minimum absolute atomic E-state index is 0.0474. The summed E-state index contributed by atoms with van der Waals surface area (Å²) in [5.41, 5.74) is 9.43. The summed E-state index contributed by atoms with van der Waals surface area (Å²) in [6.45, 7) is 2.77. The van der Waals surface area contributed by atoms with Crippen LogP contribution in [0.25, 0.3) is 0 Å². The number of benzene rings is 2. The van der Waals surface area contributed by atoms with Gasteiger partial charge in [0.15, 0.2) is 0 Å². The average Bonchev–Trinajstić information content (AvgIpc) is 3.01. The smallest absolute Gasteiger partial charge is 0.398 e. The Labute approximate surface area is 247 Å². The zero-order valence-electron chi connectivity index (χ0n) is 23.4. The molecular formula is C32H31F3N6O2. The van der Waals surface area contributed by atoms with Crippen molar-refractivity contribution in [3.63, 3.8) is 0 Å². The van der Waals surface area contributed by atoms with Gasteiger partial charge < -0.3 is 21.1 Å². The van der Waals surface area contributed by atoms with E-state index in [2.05, 4.69) is 10.3 Å². The number of amides is 1. The fraction of sp³-hybridized carbons (Fsp3) is 0.312. The van der Waals surface area contributed by atoms with Crippen molar-refractivity contribution < 1.29 is 23.1 Å². The Morgan fingerprint density at radius 2 is 1.70 bits per heavy atom. The molecule has 0 aliphatic carbocycles. The Kier molecular flexibility index (Phi) is 8.50. The lowest BCUT2D eigenvalue weighted by Gasteiger charge is -2.38. The topological polar surface area (TPSA) is 128 Å². The van der Waals surface area contributed by atoms with Gasteiger partial charge in [-0.2, -0.15) is 18.4 Å². The molecule has 2 aliphatic heterocycles. The standard InChI is InChI=1S/C32H31F3N6O2/c1-19-16-23(18-38-24(19)17-36)41-14-12-20(13-15-41)27(37)25-26(32(33,34)35)29(42)31(43)40-30(25)39-28(21-8-4-2-5-9-21)22-10-6-3-7-11-22/h2-11,16,18,20,26,28-29,42H,12-15,37H2,1H3,(H,39,40,43)/t26?,29-/m1/s1. The molecule has 2 saturated heterocycles. The number of aliphatic hydroxyl groups is 1. The van der Waals surface area contributed by atoms with Crippen LogP contribution in [-0.2, 0) is 4.79 Å². The molecule has 1 unspecified atom stereocenters. The van der Waals surface area contributed by atoms with E-state index in [4.69, 9.17) is 10.7 Å². The van der Waals surface area contributed by atoms with Gasteiger partial charge in [-0.3, -0.25) is 9.79 Å². The van der Waals surface area contributed by atoms with Gasteiger partial charge in [-0.05, 0) is 42.5 Å². The number of halogens is 3. The molecule has 2 atom stereocenters. The van der Waals surface area contributed by atoms with E-state index in [0.29, 0.717) is 42.8 Å². The van der Waals surface area contributed by atoms with Crippen molar-refractivity contribution in [3.8, 4) is 6.07 Å². The molecule has 0 radical (unpaired) electrons. The van der Waals surface area contributed by atoms with Crippen molar-refractivity contribution in [3.05, 3.63) is 107 Å². The van der Waals surface area contributed by atoms with Gasteiger partial charge in [0.2, 0.25) is 0 Å². The number of alkyl halides is 3. The lowest BCUT2D eigenvalue weighted by molar-refractivity contribution is -0.191. The Morgan fingerprint density at radius 3 is 2.21 bits per heavy atom. The first-order valence-corrected chi connectivity index (χ1v) is 13.9. The summed E-state index contributed by atoms with van der Waals surface area (Å²) in [5.74, 6) is -4.46. The molecule has 11 heteroatoms. The molecule has 2 aliphatic rings. The number of rotatable bonds is 5. The third kappa shape index (κ3) is 6.24. The fourth-order valence-corrected chi connectivity index (χ4v) is 5.74. The molecule has 0 spiro atoms. The van der Waals surface area contributed by atoms with E-state index in [1.807, 2.05) is 53.4 Å². The number of carbonyl (C=O) groups is 1. The molecule has 0 saturated carbocycles. The molecule has 3 aromatic rings. The van der Waals surface area contributed by atoms with Crippen LogP contribution in [0.1, 0.15) is 41.3 Å². The largest absolute Gasteiger partial charge is 0.401 e.